The van der Waals surface area contributed by atoms with Gasteiger partial charge in [0.25, 0.3) is 5.91 Å². The highest BCUT2D eigenvalue weighted by Crippen LogP contribution is 2.44. The first-order valence-electron chi connectivity index (χ1n) is 11.2. The lowest BCUT2D eigenvalue weighted by molar-refractivity contribution is -0.143. The predicted octanol–water partition coefficient (Wildman–Crippen LogP) is 4.11. The van der Waals surface area contributed by atoms with Gasteiger partial charge in [0.1, 0.15) is 12.6 Å². The summed E-state index contributed by atoms with van der Waals surface area (Å²) in [6.07, 6.45) is 1.12. The molecule has 0 saturated carbocycles. The number of piperidine rings is 1. The second kappa shape index (κ2) is 9.01. The number of benzene rings is 2. The molecule has 1 aliphatic heterocycles. The van der Waals surface area contributed by atoms with E-state index in [2.05, 4.69) is 22.6 Å². The number of likely N-dealkylation sites (tertiary alicyclic amines) is 1. The van der Waals surface area contributed by atoms with Crippen LogP contribution in [0.2, 0.25) is 0 Å². The van der Waals surface area contributed by atoms with Crippen LogP contribution >= 0.6 is 0 Å². The number of anilines is 1. The van der Waals surface area contributed by atoms with E-state index in [9.17, 15) is 19.5 Å². The Kier molecular flexibility index (Phi) is 5.75. The standard InChI is InChI=1S/C25H23N3O6/c29-23(28-12-6-5-11-21(28)24(30)31)20-13-22(34-27-20)26-25(32)33-14-19-17-9-3-1-7-15(17)16-8-2-4-10-18(16)19/h1-4,7-10,13,19,21H,5-6,11-12,14H2,(H,26,32)(H,30,31)/t21-/m0/s1. The van der Waals surface area contributed by atoms with Gasteiger partial charge in [0.05, 0.1) is 0 Å². The Hall–Kier alpha value is -4.14. The van der Waals surface area contributed by atoms with Crippen molar-refractivity contribution in [3.05, 3.63) is 71.4 Å². The van der Waals surface area contributed by atoms with E-state index in [-0.39, 0.29) is 24.1 Å². The van der Waals surface area contributed by atoms with Gasteiger partial charge in [0.2, 0.25) is 5.88 Å². The Bertz CT molecular complexity index is 1210. The normalized spacial score (nSPS) is 17.1. The third kappa shape index (κ3) is 4.00. The maximum atomic E-state index is 12.7. The number of carbonyl (C=O) groups excluding carboxylic acids is 2. The first-order valence-corrected chi connectivity index (χ1v) is 11.2. The number of carboxylic acid groups (broad SMARTS) is 1. The zero-order valence-corrected chi connectivity index (χ0v) is 18.3. The lowest BCUT2D eigenvalue weighted by atomic mass is 9.98. The quantitative estimate of drug-likeness (QED) is 0.586. The van der Waals surface area contributed by atoms with Crippen molar-refractivity contribution in [3.63, 3.8) is 0 Å². The summed E-state index contributed by atoms with van der Waals surface area (Å²) in [7, 11) is 0. The summed E-state index contributed by atoms with van der Waals surface area (Å²) in [5.74, 6) is -1.73. The minimum atomic E-state index is -1.05. The topological polar surface area (TPSA) is 122 Å². The molecule has 1 atom stereocenters. The zero-order chi connectivity index (χ0) is 23.7. The van der Waals surface area contributed by atoms with Gasteiger partial charge in [0, 0.05) is 18.5 Å². The van der Waals surface area contributed by atoms with Gasteiger partial charge >= 0.3 is 12.1 Å². The molecule has 1 saturated heterocycles. The van der Waals surface area contributed by atoms with E-state index in [0.717, 1.165) is 35.1 Å². The van der Waals surface area contributed by atoms with Crippen LogP contribution in [0.25, 0.3) is 11.1 Å². The summed E-state index contributed by atoms with van der Waals surface area (Å²) in [5, 5.41) is 15.5. The molecule has 1 fully saturated rings. The van der Waals surface area contributed by atoms with Crippen LogP contribution < -0.4 is 5.32 Å². The number of rotatable bonds is 5. The van der Waals surface area contributed by atoms with Crippen LogP contribution in [-0.4, -0.2) is 52.3 Å². The molecule has 9 heteroatoms. The molecular formula is C25H23N3O6. The van der Waals surface area contributed by atoms with Crippen molar-refractivity contribution >= 4 is 23.9 Å². The third-order valence-corrected chi connectivity index (χ3v) is 6.35. The molecule has 1 aliphatic carbocycles. The fraction of sp³-hybridized carbons (Fsp3) is 0.280. The van der Waals surface area contributed by atoms with E-state index < -0.39 is 24.0 Å². The number of hydrogen-bond acceptors (Lipinski definition) is 6. The second-order valence-corrected chi connectivity index (χ2v) is 8.38. The molecule has 34 heavy (non-hydrogen) atoms. The molecule has 0 spiro atoms. The van der Waals surface area contributed by atoms with Gasteiger partial charge in [-0.05, 0) is 41.5 Å². The predicted molar refractivity (Wildman–Crippen MR) is 122 cm³/mol. The fourth-order valence-electron chi connectivity index (χ4n) is 4.75. The Labute approximate surface area is 195 Å². The molecule has 0 unspecified atom stereocenters. The van der Waals surface area contributed by atoms with E-state index in [1.807, 2.05) is 36.4 Å². The number of nitrogens with one attached hydrogen (secondary N) is 1. The molecule has 0 bridgehead atoms. The van der Waals surface area contributed by atoms with Gasteiger partial charge in [-0.15, -0.1) is 0 Å². The van der Waals surface area contributed by atoms with E-state index in [1.165, 1.54) is 11.0 Å². The zero-order valence-electron chi connectivity index (χ0n) is 18.3. The summed E-state index contributed by atoms with van der Waals surface area (Å²) in [5.41, 5.74) is 4.38. The van der Waals surface area contributed by atoms with E-state index in [0.29, 0.717) is 13.0 Å². The summed E-state index contributed by atoms with van der Waals surface area (Å²) >= 11 is 0. The summed E-state index contributed by atoms with van der Waals surface area (Å²) in [4.78, 5) is 37.9. The number of ether oxygens (including phenoxy) is 1. The van der Waals surface area contributed by atoms with Crippen molar-refractivity contribution in [2.75, 3.05) is 18.5 Å². The van der Waals surface area contributed by atoms with Crippen LogP contribution in [0.15, 0.2) is 59.1 Å². The largest absolute Gasteiger partial charge is 0.480 e. The number of nitrogens with zero attached hydrogens (tertiary/aromatic N) is 2. The summed E-state index contributed by atoms with van der Waals surface area (Å²) < 4.78 is 10.5. The molecule has 2 aliphatic rings. The molecule has 2 N–H and O–H groups in total. The van der Waals surface area contributed by atoms with Crippen LogP contribution in [0.4, 0.5) is 10.7 Å². The minimum Gasteiger partial charge on any atom is -0.480 e. The summed E-state index contributed by atoms with van der Waals surface area (Å²) in [6, 6.07) is 16.4. The van der Waals surface area contributed by atoms with Gasteiger partial charge in [0.15, 0.2) is 5.69 Å². The number of carboxylic acids is 1. The van der Waals surface area contributed by atoms with E-state index in [1.54, 1.807) is 0 Å². The van der Waals surface area contributed by atoms with E-state index in [4.69, 9.17) is 9.26 Å². The highest BCUT2D eigenvalue weighted by molar-refractivity contribution is 5.96. The van der Waals surface area contributed by atoms with Gasteiger partial charge < -0.3 is 19.3 Å². The van der Waals surface area contributed by atoms with Gasteiger partial charge in [-0.3, -0.25) is 10.1 Å². The maximum Gasteiger partial charge on any atom is 0.414 e. The molecule has 0 radical (unpaired) electrons. The Morgan fingerprint density at radius 1 is 1.06 bits per heavy atom. The van der Waals surface area contributed by atoms with Crippen molar-refractivity contribution in [3.8, 4) is 11.1 Å². The van der Waals surface area contributed by atoms with Crippen LogP contribution in [0.1, 0.15) is 46.8 Å². The molecule has 1 aromatic heterocycles. The molecule has 5 rings (SSSR count). The Morgan fingerprint density at radius 2 is 1.74 bits per heavy atom. The molecule has 2 heterocycles. The number of amides is 2. The Morgan fingerprint density at radius 3 is 2.41 bits per heavy atom. The monoisotopic (exact) mass is 461 g/mol. The maximum absolute atomic E-state index is 12.7. The van der Waals surface area contributed by atoms with Gasteiger partial charge in [-0.1, -0.05) is 53.7 Å². The summed E-state index contributed by atoms with van der Waals surface area (Å²) in [6.45, 7) is 0.464. The van der Waals surface area contributed by atoms with Crippen molar-refractivity contribution in [2.45, 2.75) is 31.2 Å². The smallest absolute Gasteiger partial charge is 0.414 e. The highest BCUT2D eigenvalue weighted by Gasteiger charge is 2.34. The average Bonchev–Trinajstić information content (AvgIpc) is 3.45. The lowest BCUT2D eigenvalue weighted by Gasteiger charge is -2.32. The number of fused-ring (bicyclic) bond motifs is 3. The van der Waals surface area contributed by atoms with Gasteiger partial charge in [-0.25, -0.2) is 9.59 Å². The Balaban J connectivity index is 1.23. The second-order valence-electron chi connectivity index (χ2n) is 8.38. The molecule has 3 aromatic rings. The lowest BCUT2D eigenvalue weighted by Crippen LogP contribution is -2.48. The average molecular weight is 461 g/mol. The number of carbonyl (C=O) groups is 3. The number of hydrogen-bond donors (Lipinski definition) is 2. The minimum absolute atomic E-state index is 0.0514. The third-order valence-electron chi connectivity index (χ3n) is 6.35. The highest BCUT2D eigenvalue weighted by atomic mass is 16.6. The molecule has 2 amide bonds. The van der Waals surface area contributed by atoms with Crippen molar-refractivity contribution in [1.29, 1.82) is 0 Å². The van der Waals surface area contributed by atoms with Crippen LogP contribution in [0.3, 0.4) is 0 Å². The molecule has 174 valence electrons. The van der Waals surface area contributed by atoms with Crippen LogP contribution in [0, 0.1) is 0 Å². The van der Waals surface area contributed by atoms with Crippen LogP contribution in [0.5, 0.6) is 0 Å². The van der Waals surface area contributed by atoms with Crippen molar-refractivity contribution in [2.24, 2.45) is 0 Å². The van der Waals surface area contributed by atoms with Crippen molar-refractivity contribution in [1.82, 2.24) is 10.1 Å². The number of aliphatic carboxylic acids is 1. The van der Waals surface area contributed by atoms with E-state index >= 15 is 0 Å². The molecule has 2 aromatic carbocycles. The van der Waals surface area contributed by atoms with Crippen molar-refractivity contribution < 1.29 is 28.8 Å². The van der Waals surface area contributed by atoms with Gasteiger partial charge in [-0.2, -0.15) is 0 Å². The SMILES string of the molecule is O=C(Nc1cc(C(=O)N2CCCC[C@H]2C(=O)O)no1)OCC1c2ccccc2-c2ccccc21. The number of aromatic nitrogens is 1. The fourth-order valence-corrected chi connectivity index (χ4v) is 4.75. The molecule has 9 nitrogen and oxygen atoms in total. The van der Waals surface area contributed by atoms with Crippen LogP contribution in [-0.2, 0) is 9.53 Å². The molecular weight excluding hydrogens is 438 g/mol. The first-order chi connectivity index (χ1) is 16.5. The first kappa shape index (κ1) is 21.7.